The van der Waals surface area contributed by atoms with Gasteiger partial charge in [0, 0.05) is 22.3 Å². The zero-order valence-corrected chi connectivity index (χ0v) is 19.6. The summed E-state index contributed by atoms with van der Waals surface area (Å²) in [5.41, 5.74) is 1.52. The first kappa shape index (κ1) is 23.7. The van der Waals surface area contributed by atoms with E-state index < -0.39 is 0 Å². The van der Waals surface area contributed by atoms with Crippen molar-refractivity contribution in [2.24, 2.45) is 0 Å². The minimum atomic E-state index is -0.218. The number of hydrogen-bond acceptors (Lipinski definition) is 6. The number of likely N-dealkylation sites (N-methyl/N-ethyl adjacent to an activating group) is 1. The molecule has 1 aliphatic heterocycles. The summed E-state index contributed by atoms with van der Waals surface area (Å²) in [5.74, 6) is 2.19. The van der Waals surface area contributed by atoms with Gasteiger partial charge in [0.2, 0.25) is 11.8 Å². The standard InChI is InChI=1S/C25H26ClN3O5/c1-2-29(16-25(31)28-19-7-9-22-23(13-19)33-12-11-32-22)15-24(30)27-14-20-8-10-21(34-20)17-3-5-18(26)6-4-17/h3-10,13H,2,11-12,14-16H2,1H3,(H,27,30)(H,28,31). The van der Waals surface area contributed by atoms with E-state index in [2.05, 4.69) is 10.6 Å². The van der Waals surface area contributed by atoms with Gasteiger partial charge >= 0.3 is 0 Å². The summed E-state index contributed by atoms with van der Waals surface area (Å²) >= 11 is 5.92. The SMILES string of the molecule is CCN(CC(=O)NCc1ccc(-c2ccc(Cl)cc2)o1)CC(=O)Nc1ccc2c(c1)OCCO2. The summed E-state index contributed by atoms with van der Waals surface area (Å²) in [6.07, 6.45) is 0. The zero-order valence-electron chi connectivity index (χ0n) is 18.8. The van der Waals surface area contributed by atoms with E-state index in [1.165, 1.54) is 0 Å². The number of nitrogens with one attached hydrogen (secondary N) is 2. The number of carbonyl (C=O) groups excluding carboxylic acids is 2. The summed E-state index contributed by atoms with van der Waals surface area (Å²) in [7, 11) is 0. The minimum absolute atomic E-state index is 0.0832. The first-order valence-corrected chi connectivity index (χ1v) is 11.4. The number of anilines is 1. The fourth-order valence-electron chi connectivity index (χ4n) is 3.49. The third-order valence-corrected chi connectivity index (χ3v) is 5.51. The molecule has 0 bridgehead atoms. The van der Waals surface area contributed by atoms with E-state index in [0.717, 1.165) is 5.56 Å². The van der Waals surface area contributed by atoms with Crippen molar-refractivity contribution in [1.29, 1.82) is 0 Å². The molecule has 0 fully saturated rings. The van der Waals surface area contributed by atoms with Gasteiger partial charge in [0.15, 0.2) is 11.5 Å². The zero-order chi connectivity index (χ0) is 23.9. The topological polar surface area (TPSA) is 93.0 Å². The van der Waals surface area contributed by atoms with E-state index in [1.807, 2.05) is 31.2 Å². The molecule has 9 heteroatoms. The summed E-state index contributed by atoms with van der Waals surface area (Å²) < 4.78 is 16.8. The number of furan rings is 1. The Bertz CT molecular complexity index is 1150. The van der Waals surface area contributed by atoms with Crippen LogP contribution in [-0.2, 0) is 16.1 Å². The molecule has 8 nitrogen and oxygen atoms in total. The Balaban J connectivity index is 1.24. The second-order valence-electron chi connectivity index (χ2n) is 7.76. The summed E-state index contributed by atoms with van der Waals surface area (Å²) in [6.45, 7) is 3.86. The maximum atomic E-state index is 12.5. The maximum absolute atomic E-state index is 12.5. The van der Waals surface area contributed by atoms with Crippen LogP contribution in [0, 0.1) is 0 Å². The highest BCUT2D eigenvalue weighted by Gasteiger charge is 2.16. The molecular weight excluding hydrogens is 458 g/mol. The van der Waals surface area contributed by atoms with E-state index in [1.54, 1.807) is 35.2 Å². The number of fused-ring (bicyclic) bond motifs is 1. The van der Waals surface area contributed by atoms with Gasteiger partial charge in [-0.15, -0.1) is 0 Å². The molecule has 4 rings (SSSR count). The van der Waals surface area contributed by atoms with E-state index in [9.17, 15) is 9.59 Å². The maximum Gasteiger partial charge on any atom is 0.238 e. The van der Waals surface area contributed by atoms with Crippen molar-refractivity contribution in [1.82, 2.24) is 10.2 Å². The molecule has 0 atom stereocenters. The van der Waals surface area contributed by atoms with Crippen molar-refractivity contribution in [2.45, 2.75) is 13.5 Å². The predicted octanol–water partition coefficient (Wildman–Crippen LogP) is 3.95. The third kappa shape index (κ3) is 6.30. The summed E-state index contributed by atoms with van der Waals surface area (Å²) in [4.78, 5) is 26.7. The highest BCUT2D eigenvalue weighted by Crippen LogP contribution is 2.32. The van der Waals surface area contributed by atoms with Crippen molar-refractivity contribution < 1.29 is 23.5 Å². The number of hydrogen-bond donors (Lipinski definition) is 2. The number of nitrogens with zero attached hydrogens (tertiary/aromatic N) is 1. The van der Waals surface area contributed by atoms with Gasteiger partial charge < -0.3 is 24.5 Å². The number of carbonyl (C=O) groups is 2. The number of benzene rings is 2. The molecule has 0 saturated carbocycles. The number of rotatable bonds is 9. The van der Waals surface area contributed by atoms with Crippen LogP contribution in [0.1, 0.15) is 12.7 Å². The second-order valence-corrected chi connectivity index (χ2v) is 8.20. The Hall–Kier alpha value is -3.49. The Morgan fingerprint density at radius 3 is 2.44 bits per heavy atom. The van der Waals surface area contributed by atoms with Crippen LogP contribution in [0.15, 0.2) is 59.0 Å². The highest BCUT2D eigenvalue weighted by atomic mass is 35.5. The molecule has 2 N–H and O–H groups in total. The monoisotopic (exact) mass is 483 g/mol. The predicted molar refractivity (Wildman–Crippen MR) is 129 cm³/mol. The number of ether oxygens (including phenoxy) is 2. The molecule has 0 spiro atoms. The average molecular weight is 484 g/mol. The summed E-state index contributed by atoms with van der Waals surface area (Å²) in [6, 6.07) is 16.3. The van der Waals surface area contributed by atoms with Gasteiger partial charge in [0.1, 0.15) is 24.7 Å². The van der Waals surface area contributed by atoms with Gasteiger partial charge in [-0.25, -0.2) is 0 Å². The third-order valence-electron chi connectivity index (χ3n) is 5.26. The van der Waals surface area contributed by atoms with Gasteiger partial charge in [0.25, 0.3) is 0 Å². The second kappa shape index (κ2) is 11.1. The Morgan fingerprint density at radius 2 is 1.68 bits per heavy atom. The first-order valence-electron chi connectivity index (χ1n) is 11.0. The highest BCUT2D eigenvalue weighted by molar-refractivity contribution is 6.30. The molecule has 0 unspecified atom stereocenters. The fourth-order valence-corrected chi connectivity index (χ4v) is 3.62. The molecule has 178 valence electrons. The van der Waals surface area contributed by atoms with Crippen molar-refractivity contribution in [3.05, 3.63) is 65.4 Å². The van der Waals surface area contributed by atoms with Crippen LogP contribution in [0.5, 0.6) is 11.5 Å². The van der Waals surface area contributed by atoms with Crippen molar-refractivity contribution in [2.75, 3.05) is 38.2 Å². The molecule has 2 heterocycles. The molecule has 2 aromatic carbocycles. The first-order chi connectivity index (χ1) is 16.5. The molecule has 34 heavy (non-hydrogen) atoms. The number of halogens is 1. The van der Waals surface area contributed by atoms with E-state index in [4.69, 9.17) is 25.5 Å². The van der Waals surface area contributed by atoms with Crippen molar-refractivity contribution >= 4 is 29.1 Å². The Morgan fingerprint density at radius 1 is 0.941 bits per heavy atom. The smallest absolute Gasteiger partial charge is 0.238 e. The molecule has 0 saturated heterocycles. The van der Waals surface area contributed by atoms with E-state index in [0.29, 0.717) is 53.5 Å². The Kier molecular flexibility index (Phi) is 7.72. The fraction of sp³-hybridized carbons (Fsp3) is 0.280. The largest absolute Gasteiger partial charge is 0.486 e. The van der Waals surface area contributed by atoms with Crippen LogP contribution in [-0.4, -0.2) is 49.6 Å². The van der Waals surface area contributed by atoms with E-state index >= 15 is 0 Å². The van der Waals surface area contributed by atoms with Gasteiger partial charge in [-0.2, -0.15) is 0 Å². The lowest BCUT2D eigenvalue weighted by Gasteiger charge is -2.21. The molecule has 3 aromatic rings. The van der Waals surface area contributed by atoms with Crippen LogP contribution >= 0.6 is 11.6 Å². The van der Waals surface area contributed by atoms with Crippen LogP contribution in [0.2, 0.25) is 5.02 Å². The number of amides is 2. The van der Waals surface area contributed by atoms with Crippen LogP contribution < -0.4 is 20.1 Å². The molecule has 2 amide bonds. The normalized spacial score (nSPS) is 12.4. The molecular formula is C25H26ClN3O5. The minimum Gasteiger partial charge on any atom is -0.486 e. The Labute approximate surface area is 202 Å². The lowest BCUT2D eigenvalue weighted by atomic mass is 10.2. The van der Waals surface area contributed by atoms with E-state index in [-0.39, 0.29) is 31.4 Å². The lowest BCUT2D eigenvalue weighted by Crippen LogP contribution is -2.40. The molecule has 0 aliphatic carbocycles. The van der Waals surface area contributed by atoms with Gasteiger partial charge in [-0.3, -0.25) is 14.5 Å². The molecule has 1 aliphatic rings. The van der Waals surface area contributed by atoms with Crippen LogP contribution in [0.25, 0.3) is 11.3 Å². The molecule has 0 radical (unpaired) electrons. The van der Waals surface area contributed by atoms with Crippen LogP contribution in [0.3, 0.4) is 0 Å². The lowest BCUT2D eigenvalue weighted by molar-refractivity contribution is -0.123. The van der Waals surface area contributed by atoms with Crippen molar-refractivity contribution in [3.63, 3.8) is 0 Å². The van der Waals surface area contributed by atoms with Crippen LogP contribution in [0.4, 0.5) is 5.69 Å². The van der Waals surface area contributed by atoms with Crippen molar-refractivity contribution in [3.8, 4) is 22.8 Å². The van der Waals surface area contributed by atoms with Gasteiger partial charge in [-0.05, 0) is 55.1 Å². The van der Waals surface area contributed by atoms with Gasteiger partial charge in [0.05, 0.1) is 19.6 Å². The quantitative estimate of drug-likeness (QED) is 0.478. The summed E-state index contributed by atoms with van der Waals surface area (Å²) in [5, 5.41) is 6.33. The average Bonchev–Trinajstić information content (AvgIpc) is 3.32. The van der Waals surface area contributed by atoms with Gasteiger partial charge in [-0.1, -0.05) is 18.5 Å². The molecule has 1 aromatic heterocycles.